The Balaban J connectivity index is 2.77. The zero-order valence-corrected chi connectivity index (χ0v) is 9.54. The van der Waals surface area contributed by atoms with Crippen molar-refractivity contribution in [3.05, 3.63) is 29.3 Å². The average molecular weight is 239 g/mol. The largest absolute Gasteiger partial charge is 0.276 e. The van der Waals surface area contributed by atoms with E-state index in [1.165, 1.54) is 12.1 Å². The highest BCUT2D eigenvalue weighted by Gasteiger charge is 2.43. The minimum atomic E-state index is -3.98. The van der Waals surface area contributed by atoms with Gasteiger partial charge < -0.3 is 0 Å². The molecule has 2 rings (SSSR count). The average Bonchev–Trinajstić information content (AvgIpc) is 2.34. The maximum atomic E-state index is 11.8. The van der Waals surface area contributed by atoms with Gasteiger partial charge in [-0.1, -0.05) is 11.6 Å². The van der Waals surface area contributed by atoms with Gasteiger partial charge in [0.1, 0.15) is 4.90 Å². The maximum absolute atomic E-state index is 11.8. The fourth-order valence-corrected chi connectivity index (χ4v) is 3.18. The van der Waals surface area contributed by atoms with Crippen LogP contribution >= 0.6 is 0 Å². The second-order valence-corrected chi connectivity index (χ2v) is 5.35. The van der Waals surface area contributed by atoms with E-state index < -0.39 is 21.8 Å². The first-order chi connectivity index (χ1) is 7.35. The summed E-state index contributed by atoms with van der Waals surface area (Å²) in [7, 11) is -3.98. The Morgan fingerprint density at radius 2 is 1.94 bits per heavy atom. The molecule has 0 aromatic heterocycles. The molecular weight excluding hydrogens is 230 g/mol. The predicted molar refractivity (Wildman–Crippen MR) is 55.2 cm³/mol. The zero-order valence-electron chi connectivity index (χ0n) is 8.72. The van der Waals surface area contributed by atoms with E-state index in [0.717, 1.165) is 12.5 Å². The first-order valence-corrected chi connectivity index (χ1v) is 6.00. The lowest BCUT2D eigenvalue weighted by Crippen LogP contribution is -2.34. The molecule has 0 fully saturated rings. The van der Waals surface area contributed by atoms with Crippen LogP contribution in [0, 0.1) is 6.92 Å². The third kappa shape index (κ3) is 1.26. The summed E-state index contributed by atoms with van der Waals surface area (Å²) in [6.07, 6.45) is 0. The summed E-state index contributed by atoms with van der Waals surface area (Å²) in [6.45, 7) is 2.80. The van der Waals surface area contributed by atoms with Gasteiger partial charge in [0.25, 0.3) is 15.9 Å². The van der Waals surface area contributed by atoms with E-state index in [-0.39, 0.29) is 10.5 Å². The number of amides is 2. The van der Waals surface area contributed by atoms with Crippen LogP contribution in [0.25, 0.3) is 0 Å². The molecule has 0 unspecified atom stereocenters. The lowest BCUT2D eigenvalue weighted by Gasteiger charge is -2.08. The van der Waals surface area contributed by atoms with E-state index in [9.17, 15) is 18.0 Å². The predicted octanol–water partition coefficient (Wildman–Crippen LogP) is 0.686. The van der Waals surface area contributed by atoms with E-state index in [4.69, 9.17) is 0 Å². The van der Waals surface area contributed by atoms with Crippen molar-refractivity contribution in [3.8, 4) is 0 Å². The molecule has 0 atom stereocenters. The van der Waals surface area contributed by atoms with Gasteiger partial charge in [0.2, 0.25) is 5.91 Å². The van der Waals surface area contributed by atoms with Gasteiger partial charge >= 0.3 is 0 Å². The molecule has 1 aliphatic heterocycles. The summed E-state index contributed by atoms with van der Waals surface area (Å²) < 4.78 is 24.0. The molecule has 1 aliphatic rings. The fourth-order valence-electron chi connectivity index (χ4n) is 1.67. The van der Waals surface area contributed by atoms with Gasteiger partial charge in [0, 0.05) is 6.92 Å². The number of nitrogens with zero attached hydrogens (tertiary/aromatic N) is 1. The molecule has 0 N–H and O–H groups in total. The molecule has 0 aliphatic carbocycles. The summed E-state index contributed by atoms with van der Waals surface area (Å²) in [4.78, 5) is 22.8. The minimum Gasteiger partial charge on any atom is -0.274 e. The molecule has 0 spiro atoms. The smallest absolute Gasteiger partial charge is 0.274 e. The number of fused-ring (bicyclic) bond motifs is 1. The molecule has 6 heteroatoms. The quantitative estimate of drug-likeness (QED) is 0.667. The number of aryl methyl sites for hydroxylation is 1. The molecule has 2 amide bonds. The molecule has 1 heterocycles. The highest BCUT2D eigenvalue weighted by molar-refractivity contribution is 7.90. The second kappa shape index (κ2) is 3.15. The van der Waals surface area contributed by atoms with Crippen LogP contribution in [0.5, 0.6) is 0 Å². The summed E-state index contributed by atoms with van der Waals surface area (Å²) in [6, 6.07) is 4.41. The van der Waals surface area contributed by atoms with Crippen molar-refractivity contribution in [2.75, 3.05) is 0 Å². The van der Waals surface area contributed by atoms with Crippen LogP contribution in [-0.4, -0.2) is 24.5 Å². The van der Waals surface area contributed by atoms with Crippen LogP contribution in [0.3, 0.4) is 0 Å². The van der Waals surface area contributed by atoms with E-state index in [1.807, 2.05) is 0 Å². The van der Waals surface area contributed by atoms with Crippen molar-refractivity contribution in [2.24, 2.45) is 0 Å². The number of carbonyl (C=O) groups is 2. The Bertz CT molecular complexity index is 603. The topological polar surface area (TPSA) is 71.5 Å². The summed E-state index contributed by atoms with van der Waals surface area (Å²) in [5.41, 5.74) is 0.836. The fraction of sp³-hybridized carbons (Fsp3) is 0.200. The summed E-state index contributed by atoms with van der Waals surface area (Å²) >= 11 is 0. The highest BCUT2D eigenvalue weighted by Crippen LogP contribution is 2.30. The van der Waals surface area contributed by atoms with Crippen LogP contribution in [0.15, 0.2) is 23.1 Å². The van der Waals surface area contributed by atoms with Crippen molar-refractivity contribution >= 4 is 21.8 Å². The Hall–Kier alpha value is -1.69. The molecular formula is C10H9NO4S. The molecule has 84 valence electrons. The van der Waals surface area contributed by atoms with Crippen molar-refractivity contribution in [1.29, 1.82) is 0 Å². The van der Waals surface area contributed by atoms with Crippen molar-refractivity contribution in [2.45, 2.75) is 18.7 Å². The van der Waals surface area contributed by atoms with Crippen LogP contribution in [0.4, 0.5) is 0 Å². The minimum absolute atomic E-state index is 0.0650. The van der Waals surface area contributed by atoms with Gasteiger partial charge in [-0.2, -0.15) is 4.31 Å². The van der Waals surface area contributed by atoms with Crippen molar-refractivity contribution in [1.82, 2.24) is 4.31 Å². The normalized spacial score (nSPS) is 17.4. The SMILES string of the molecule is CC(=O)N1C(=O)c2cc(C)ccc2S1(=O)=O. The monoisotopic (exact) mass is 239 g/mol. The van der Waals surface area contributed by atoms with Crippen molar-refractivity contribution < 1.29 is 18.0 Å². The standard InChI is InChI=1S/C10H9NO4S/c1-6-3-4-9-8(5-6)10(13)11(7(2)12)16(9,14)15/h3-5H,1-2H3. The molecule has 0 bridgehead atoms. The Kier molecular flexibility index (Phi) is 2.13. The molecule has 5 nitrogen and oxygen atoms in total. The van der Waals surface area contributed by atoms with Crippen molar-refractivity contribution in [3.63, 3.8) is 0 Å². The number of sulfonamides is 1. The van der Waals surface area contributed by atoms with Gasteiger partial charge in [-0.15, -0.1) is 0 Å². The molecule has 0 radical (unpaired) electrons. The molecule has 0 saturated carbocycles. The van der Waals surface area contributed by atoms with Gasteiger partial charge in [-0.25, -0.2) is 8.42 Å². The maximum Gasteiger partial charge on any atom is 0.276 e. The molecule has 1 aromatic rings. The van der Waals surface area contributed by atoms with Crippen LogP contribution < -0.4 is 0 Å². The van der Waals surface area contributed by atoms with Gasteiger partial charge in [0.15, 0.2) is 0 Å². The number of rotatable bonds is 0. The molecule has 1 aromatic carbocycles. The summed E-state index contributed by atoms with van der Waals surface area (Å²) in [5, 5.41) is 0. The summed E-state index contributed by atoms with van der Waals surface area (Å²) in [5.74, 6) is -1.56. The first kappa shape index (κ1) is 10.8. The van der Waals surface area contributed by atoms with Crippen LogP contribution in [0.2, 0.25) is 0 Å². The van der Waals surface area contributed by atoms with Crippen LogP contribution in [-0.2, 0) is 14.8 Å². The lowest BCUT2D eigenvalue weighted by atomic mass is 10.1. The molecule has 16 heavy (non-hydrogen) atoms. The lowest BCUT2D eigenvalue weighted by molar-refractivity contribution is -0.122. The number of imide groups is 1. The van der Waals surface area contributed by atoms with Gasteiger partial charge in [-0.3, -0.25) is 9.59 Å². The van der Waals surface area contributed by atoms with Gasteiger partial charge in [0.05, 0.1) is 5.56 Å². The van der Waals surface area contributed by atoms with E-state index in [1.54, 1.807) is 13.0 Å². The third-order valence-corrected chi connectivity index (χ3v) is 4.17. The number of hydrogen-bond donors (Lipinski definition) is 0. The van der Waals surface area contributed by atoms with E-state index in [2.05, 4.69) is 0 Å². The Morgan fingerprint density at radius 3 is 2.50 bits per heavy atom. The highest BCUT2D eigenvalue weighted by atomic mass is 32.2. The molecule has 0 saturated heterocycles. The Morgan fingerprint density at radius 1 is 1.31 bits per heavy atom. The third-order valence-electron chi connectivity index (χ3n) is 2.35. The first-order valence-electron chi connectivity index (χ1n) is 4.56. The second-order valence-electron chi connectivity index (χ2n) is 3.59. The Labute approximate surface area is 92.7 Å². The van der Waals surface area contributed by atoms with E-state index >= 15 is 0 Å². The van der Waals surface area contributed by atoms with Gasteiger partial charge in [-0.05, 0) is 19.1 Å². The number of hydrogen-bond acceptors (Lipinski definition) is 4. The number of carbonyl (C=O) groups excluding carboxylic acids is 2. The number of benzene rings is 1. The zero-order chi connectivity index (χ0) is 12.1. The van der Waals surface area contributed by atoms with E-state index in [0.29, 0.717) is 4.31 Å². The van der Waals surface area contributed by atoms with Crippen LogP contribution in [0.1, 0.15) is 22.8 Å².